The van der Waals surface area contributed by atoms with E-state index in [-0.39, 0.29) is 12.5 Å². The highest BCUT2D eigenvalue weighted by atomic mass is 79.9. The largest absolute Gasteiger partial charge is 0.396 e. The molecule has 0 aliphatic carbocycles. The van der Waals surface area contributed by atoms with Crippen LogP contribution >= 0.6 is 15.9 Å². The number of halogens is 1. The first-order valence-electron chi connectivity index (χ1n) is 4.80. The fraction of sp³-hybridized carbons (Fsp3) is 0.364. The van der Waals surface area contributed by atoms with Crippen LogP contribution in [0, 0.1) is 6.92 Å². The average molecular weight is 272 g/mol. The minimum absolute atomic E-state index is 0.0926. The number of aliphatic hydroxyl groups is 1. The Morgan fingerprint density at radius 3 is 2.87 bits per heavy atom. The maximum Gasteiger partial charge on any atom is 0.252 e. The van der Waals surface area contributed by atoms with E-state index >= 15 is 0 Å². The van der Waals surface area contributed by atoms with Gasteiger partial charge in [-0.1, -0.05) is 6.07 Å². The van der Waals surface area contributed by atoms with Gasteiger partial charge in [0.1, 0.15) is 0 Å². The number of carbonyl (C=O) groups excluding carboxylic acids is 1. The molecule has 1 rings (SSSR count). The van der Waals surface area contributed by atoms with Gasteiger partial charge in [0.25, 0.3) is 5.91 Å². The maximum atomic E-state index is 11.6. The van der Waals surface area contributed by atoms with Crippen molar-refractivity contribution in [3.63, 3.8) is 0 Å². The lowest BCUT2D eigenvalue weighted by Crippen LogP contribution is -2.25. The molecule has 1 amide bonds. The van der Waals surface area contributed by atoms with Gasteiger partial charge >= 0.3 is 0 Å². The summed E-state index contributed by atoms with van der Waals surface area (Å²) < 4.78 is 0.795. The van der Waals surface area contributed by atoms with Crippen LogP contribution < -0.4 is 5.32 Å². The first-order chi connectivity index (χ1) is 7.15. The van der Waals surface area contributed by atoms with Crippen LogP contribution in [0.2, 0.25) is 0 Å². The molecule has 0 aromatic heterocycles. The van der Waals surface area contributed by atoms with Crippen LogP contribution in [-0.2, 0) is 0 Å². The molecule has 4 heteroatoms. The number of aliphatic hydroxyl groups excluding tert-OH is 1. The van der Waals surface area contributed by atoms with Gasteiger partial charge in [-0.05, 0) is 47.0 Å². The van der Waals surface area contributed by atoms with Crippen LogP contribution in [0.1, 0.15) is 22.3 Å². The molecule has 15 heavy (non-hydrogen) atoms. The number of hydrogen-bond acceptors (Lipinski definition) is 2. The highest BCUT2D eigenvalue weighted by Crippen LogP contribution is 2.17. The van der Waals surface area contributed by atoms with Crippen molar-refractivity contribution in [3.8, 4) is 0 Å². The lowest BCUT2D eigenvalue weighted by atomic mass is 10.1. The van der Waals surface area contributed by atoms with Gasteiger partial charge < -0.3 is 10.4 Å². The monoisotopic (exact) mass is 271 g/mol. The number of rotatable bonds is 4. The molecule has 0 saturated carbocycles. The van der Waals surface area contributed by atoms with Gasteiger partial charge in [-0.2, -0.15) is 0 Å². The Kier molecular flexibility index (Phi) is 4.78. The van der Waals surface area contributed by atoms with Crippen molar-refractivity contribution < 1.29 is 9.90 Å². The molecular weight excluding hydrogens is 258 g/mol. The Balaban J connectivity index is 2.65. The van der Waals surface area contributed by atoms with Gasteiger partial charge in [-0.25, -0.2) is 0 Å². The molecule has 0 aliphatic rings. The molecule has 0 atom stereocenters. The summed E-state index contributed by atoms with van der Waals surface area (Å²) in [6.45, 7) is 2.56. The quantitative estimate of drug-likeness (QED) is 0.822. The van der Waals surface area contributed by atoms with Gasteiger partial charge in [0.15, 0.2) is 0 Å². The summed E-state index contributed by atoms with van der Waals surface area (Å²) in [5, 5.41) is 11.3. The third-order valence-corrected chi connectivity index (χ3v) is 2.65. The smallest absolute Gasteiger partial charge is 0.252 e. The molecule has 0 spiro atoms. The van der Waals surface area contributed by atoms with Crippen LogP contribution in [0.15, 0.2) is 22.7 Å². The van der Waals surface area contributed by atoms with Crippen LogP contribution in [0.4, 0.5) is 0 Å². The van der Waals surface area contributed by atoms with Crippen molar-refractivity contribution in [3.05, 3.63) is 33.8 Å². The SMILES string of the molecule is Cc1ccc(C(=O)NCCCO)c(Br)c1. The van der Waals surface area contributed by atoms with Crippen LogP contribution in [0.5, 0.6) is 0 Å². The summed E-state index contributed by atoms with van der Waals surface area (Å²) in [4.78, 5) is 11.6. The van der Waals surface area contributed by atoms with E-state index in [2.05, 4.69) is 21.2 Å². The van der Waals surface area contributed by atoms with E-state index in [9.17, 15) is 4.79 Å². The molecule has 82 valence electrons. The molecule has 0 unspecified atom stereocenters. The summed E-state index contributed by atoms with van der Waals surface area (Å²) in [6, 6.07) is 5.58. The molecule has 0 heterocycles. The van der Waals surface area contributed by atoms with E-state index < -0.39 is 0 Å². The molecule has 0 fully saturated rings. The van der Waals surface area contributed by atoms with Crippen molar-refractivity contribution in [2.24, 2.45) is 0 Å². The topological polar surface area (TPSA) is 49.3 Å². The van der Waals surface area contributed by atoms with Crippen molar-refractivity contribution in [1.82, 2.24) is 5.32 Å². The first kappa shape index (κ1) is 12.2. The summed E-state index contributed by atoms with van der Waals surface area (Å²) >= 11 is 3.35. The number of hydrogen-bond donors (Lipinski definition) is 2. The fourth-order valence-corrected chi connectivity index (χ4v) is 1.85. The summed E-state index contributed by atoms with van der Waals surface area (Å²) in [7, 11) is 0. The third kappa shape index (κ3) is 3.64. The highest BCUT2D eigenvalue weighted by molar-refractivity contribution is 9.10. The lowest BCUT2D eigenvalue weighted by molar-refractivity contribution is 0.0950. The number of benzene rings is 1. The lowest BCUT2D eigenvalue weighted by Gasteiger charge is -2.06. The standard InChI is InChI=1S/C11H14BrNO2/c1-8-3-4-9(10(12)7-8)11(15)13-5-2-6-14/h3-4,7,14H,2,5-6H2,1H3,(H,13,15). The van der Waals surface area contributed by atoms with Crippen LogP contribution in [0.3, 0.4) is 0 Å². The molecule has 1 aromatic rings. The molecule has 3 nitrogen and oxygen atoms in total. The van der Waals surface area contributed by atoms with Gasteiger partial charge in [0.05, 0.1) is 5.56 Å². The van der Waals surface area contributed by atoms with E-state index in [0.717, 1.165) is 10.0 Å². The van der Waals surface area contributed by atoms with E-state index in [1.165, 1.54) is 0 Å². The van der Waals surface area contributed by atoms with Crippen LogP contribution in [0.25, 0.3) is 0 Å². The minimum atomic E-state index is -0.115. The Hall–Kier alpha value is -0.870. The van der Waals surface area contributed by atoms with Crippen LogP contribution in [-0.4, -0.2) is 24.2 Å². The molecule has 0 saturated heterocycles. The molecular formula is C11H14BrNO2. The maximum absolute atomic E-state index is 11.6. The van der Waals surface area contributed by atoms with Gasteiger partial charge in [0.2, 0.25) is 0 Å². The minimum Gasteiger partial charge on any atom is -0.396 e. The number of nitrogens with one attached hydrogen (secondary N) is 1. The van der Waals surface area contributed by atoms with Crippen molar-refractivity contribution in [1.29, 1.82) is 0 Å². The molecule has 2 N–H and O–H groups in total. The second kappa shape index (κ2) is 5.88. The van der Waals surface area contributed by atoms with Crippen molar-refractivity contribution in [2.75, 3.05) is 13.2 Å². The summed E-state index contributed by atoms with van der Waals surface area (Å²) in [5.74, 6) is -0.115. The Morgan fingerprint density at radius 1 is 1.53 bits per heavy atom. The van der Waals surface area contributed by atoms with Crippen molar-refractivity contribution >= 4 is 21.8 Å². The predicted octanol–water partition coefficient (Wildman–Crippen LogP) is 1.87. The van der Waals surface area contributed by atoms with E-state index in [1.54, 1.807) is 6.07 Å². The predicted molar refractivity (Wildman–Crippen MR) is 62.9 cm³/mol. The fourth-order valence-electron chi connectivity index (χ4n) is 1.18. The number of carbonyl (C=O) groups is 1. The molecule has 0 bridgehead atoms. The number of aryl methyl sites for hydroxylation is 1. The second-order valence-electron chi connectivity index (χ2n) is 3.32. The van der Waals surface area contributed by atoms with Gasteiger partial charge in [-0.3, -0.25) is 4.79 Å². The normalized spacial score (nSPS) is 10.1. The van der Waals surface area contributed by atoms with Gasteiger partial charge in [-0.15, -0.1) is 0 Å². The van der Waals surface area contributed by atoms with E-state index in [0.29, 0.717) is 18.5 Å². The zero-order valence-electron chi connectivity index (χ0n) is 8.59. The average Bonchev–Trinajstić information content (AvgIpc) is 2.17. The zero-order chi connectivity index (χ0) is 11.3. The third-order valence-electron chi connectivity index (χ3n) is 1.99. The first-order valence-corrected chi connectivity index (χ1v) is 5.59. The molecule has 0 radical (unpaired) electrons. The highest BCUT2D eigenvalue weighted by Gasteiger charge is 2.08. The Morgan fingerprint density at radius 2 is 2.27 bits per heavy atom. The number of amides is 1. The summed E-state index contributed by atoms with van der Waals surface area (Å²) in [6.07, 6.45) is 0.579. The summed E-state index contributed by atoms with van der Waals surface area (Å²) in [5.41, 5.74) is 1.73. The van der Waals surface area contributed by atoms with Crippen molar-refractivity contribution in [2.45, 2.75) is 13.3 Å². The van der Waals surface area contributed by atoms with E-state index in [1.807, 2.05) is 19.1 Å². The Bertz CT molecular complexity index is 352. The van der Waals surface area contributed by atoms with E-state index in [4.69, 9.17) is 5.11 Å². The Labute approximate surface area is 97.6 Å². The second-order valence-corrected chi connectivity index (χ2v) is 4.17. The molecule has 0 aliphatic heterocycles. The molecule has 1 aromatic carbocycles. The zero-order valence-corrected chi connectivity index (χ0v) is 10.2. The van der Waals surface area contributed by atoms with Gasteiger partial charge in [0, 0.05) is 17.6 Å².